The number of nitrogens with zero attached hydrogens (tertiary/aromatic N) is 4. The molecule has 0 spiro atoms. The molecule has 4 aromatic rings. The van der Waals surface area contributed by atoms with E-state index >= 15 is 8.78 Å². The third-order valence-corrected chi connectivity index (χ3v) is 10.9. The van der Waals surface area contributed by atoms with Crippen molar-refractivity contribution in [2.24, 2.45) is 11.8 Å². The highest BCUT2D eigenvalue weighted by Crippen LogP contribution is 2.39. The van der Waals surface area contributed by atoms with Crippen molar-refractivity contribution in [1.29, 1.82) is 0 Å². The maximum Gasteiger partial charge on any atom is 0.407 e. The van der Waals surface area contributed by atoms with Gasteiger partial charge in [0.1, 0.15) is 35.4 Å². The van der Waals surface area contributed by atoms with Crippen molar-refractivity contribution in [2.45, 2.75) is 76.5 Å². The number of aromatic nitrogens is 4. The van der Waals surface area contributed by atoms with E-state index in [1.54, 1.807) is 40.3 Å². The van der Waals surface area contributed by atoms with E-state index in [4.69, 9.17) is 9.47 Å². The molecule has 296 valence electrons. The normalized spacial score (nSPS) is 19.2. The number of halogens is 2. The fraction of sp³-hybridized carbons (Fsp3) is 0.450. The first-order chi connectivity index (χ1) is 27.0. The van der Waals surface area contributed by atoms with Gasteiger partial charge in [-0.1, -0.05) is 26.0 Å². The Morgan fingerprint density at radius 2 is 1.39 bits per heavy atom. The Balaban J connectivity index is 1.04. The lowest BCUT2D eigenvalue weighted by Crippen LogP contribution is -2.51. The standard InChI is InChI=1S/C40H46F2N8O6/c1-21(2)33(47-39(53)55-3)37(51)49-15-5-7-31(49)35-43-19-29(45-35)25-13-11-23(17-27(25)41)24-12-14-26(28(42)18-24)30-20-44-36(46-30)32-8-6-16-50(32)38(52)34(22-9-10-22)48-40(54)56-4/h11-14,17-22,31-34H,5-10,15-16H2,1-4H3,(H,43,45)(H,44,46)(H,47,53)(H,48,54)/t31-,32-,33-,34-/m0/s1. The van der Waals surface area contributed by atoms with Crippen molar-refractivity contribution in [2.75, 3.05) is 27.3 Å². The highest BCUT2D eigenvalue weighted by molar-refractivity contribution is 5.87. The number of carbonyl (C=O) groups excluding carboxylic acids is 4. The number of methoxy groups -OCH3 is 2. The number of ether oxygens (including phenoxy) is 2. The molecule has 4 heterocycles. The van der Waals surface area contributed by atoms with E-state index < -0.39 is 35.9 Å². The van der Waals surface area contributed by atoms with E-state index in [2.05, 4.69) is 30.6 Å². The average Bonchev–Trinajstić information content (AvgIpc) is 3.65. The van der Waals surface area contributed by atoms with Crippen LogP contribution in [-0.2, 0) is 19.1 Å². The molecular weight excluding hydrogens is 726 g/mol. The van der Waals surface area contributed by atoms with Crippen molar-refractivity contribution in [3.8, 4) is 33.6 Å². The topological polar surface area (TPSA) is 175 Å². The maximum absolute atomic E-state index is 15.7. The molecule has 2 aromatic heterocycles. The third-order valence-electron chi connectivity index (χ3n) is 10.9. The lowest BCUT2D eigenvalue weighted by atomic mass is 10.00. The van der Waals surface area contributed by atoms with Crippen LogP contribution in [0.1, 0.15) is 76.1 Å². The van der Waals surface area contributed by atoms with E-state index in [9.17, 15) is 19.2 Å². The molecule has 14 nitrogen and oxygen atoms in total. The van der Waals surface area contributed by atoms with E-state index in [0.29, 0.717) is 60.1 Å². The number of rotatable bonds is 11. The molecule has 3 fully saturated rings. The summed E-state index contributed by atoms with van der Waals surface area (Å²) in [6.07, 6.45) is 6.33. The van der Waals surface area contributed by atoms with E-state index in [1.165, 1.54) is 32.5 Å². The number of benzene rings is 2. The monoisotopic (exact) mass is 772 g/mol. The van der Waals surface area contributed by atoms with Crippen LogP contribution in [0.25, 0.3) is 33.6 Å². The van der Waals surface area contributed by atoms with E-state index in [1.807, 2.05) is 13.8 Å². The molecule has 2 aliphatic heterocycles. The van der Waals surface area contributed by atoms with Gasteiger partial charge in [-0.05, 0) is 85.8 Å². The molecule has 4 amide bonds. The summed E-state index contributed by atoms with van der Waals surface area (Å²) >= 11 is 0. The number of hydrogen-bond donors (Lipinski definition) is 4. The predicted molar refractivity (Wildman–Crippen MR) is 201 cm³/mol. The van der Waals surface area contributed by atoms with Gasteiger partial charge in [0.05, 0.1) is 43.9 Å². The summed E-state index contributed by atoms with van der Waals surface area (Å²) in [4.78, 5) is 69.9. The summed E-state index contributed by atoms with van der Waals surface area (Å²) in [6, 6.07) is 7.10. The largest absolute Gasteiger partial charge is 0.453 e. The highest BCUT2D eigenvalue weighted by Gasteiger charge is 2.43. The predicted octanol–water partition coefficient (Wildman–Crippen LogP) is 6.25. The zero-order valence-electron chi connectivity index (χ0n) is 31.7. The Bertz CT molecular complexity index is 1970. The molecule has 0 bridgehead atoms. The fourth-order valence-corrected chi connectivity index (χ4v) is 7.79. The maximum atomic E-state index is 15.7. The first-order valence-electron chi connectivity index (χ1n) is 19.0. The minimum atomic E-state index is -0.776. The molecule has 1 saturated carbocycles. The van der Waals surface area contributed by atoms with Gasteiger partial charge in [-0.3, -0.25) is 9.59 Å². The zero-order chi connectivity index (χ0) is 39.7. The molecular formula is C40H46F2N8O6. The first kappa shape index (κ1) is 38.5. The van der Waals surface area contributed by atoms with Gasteiger partial charge >= 0.3 is 12.2 Å². The molecule has 3 aliphatic rings. The number of carbonyl (C=O) groups is 4. The van der Waals surface area contributed by atoms with Crippen LogP contribution in [-0.4, -0.2) is 93.1 Å². The van der Waals surface area contributed by atoms with Crippen LogP contribution < -0.4 is 10.6 Å². The zero-order valence-corrected chi connectivity index (χ0v) is 31.7. The summed E-state index contributed by atoms with van der Waals surface area (Å²) in [5.74, 6) is -0.574. The summed E-state index contributed by atoms with van der Waals surface area (Å²) in [5.41, 5.74) is 2.25. The van der Waals surface area contributed by atoms with Gasteiger partial charge in [0.25, 0.3) is 0 Å². The second-order valence-electron chi connectivity index (χ2n) is 14.9. The van der Waals surface area contributed by atoms with Crippen molar-refractivity contribution in [3.05, 3.63) is 72.1 Å². The second kappa shape index (κ2) is 16.1. The quantitative estimate of drug-likeness (QED) is 0.138. The molecule has 16 heteroatoms. The minimum absolute atomic E-state index is 0.0695. The number of imidazole rings is 2. The average molecular weight is 773 g/mol. The molecule has 0 radical (unpaired) electrons. The fourth-order valence-electron chi connectivity index (χ4n) is 7.79. The molecule has 4 N–H and O–H groups in total. The lowest BCUT2D eigenvalue weighted by Gasteiger charge is -2.30. The number of nitrogens with one attached hydrogen (secondary N) is 4. The molecule has 0 unspecified atom stereocenters. The van der Waals surface area contributed by atoms with Crippen LogP contribution in [0, 0.1) is 23.5 Å². The Kier molecular flexibility index (Phi) is 11.1. The Morgan fingerprint density at radius 1 is 0.804 bits per heavy atom. The van der Waals surface area contributed by atoms with Crippen LogP contribution in [0.5, 0.6) is 0 Å². The summed E-state index contributed by atoms with van der Waals surface area (Å²) in [5, 5.41) is 5.32. The Morgan fingerprint density at radius 3 is 1.98 bits per heavy atom. The number of hydrogen-bond acceptors (Lipinski definition) is 8. The third kappa shape index (κ3) is 7.82. The second-order valence-corrected chi connectivity index (χ2v) is 14.9. The van der Waals surface area contributed by atoms with Gasteiger partial charge in [-0.25, -0.2) is 28.3 Å². The lowest BCUT2D eigenvalue weighted by molar-refractivity contribution is -0.136. The number of H-pyrrole nitrogens is 2. The molecule has 7 rings (SSSR count). The van der Waals surface area contributed by atoms with Crippen LogP contribution in [0.2, 0.25) is 0 Å². The highest BCUT2D eigenvalue weighted by atomic mass is 19.1. The van der Waals surface area contributed by atoms with Gasteiger partial charge in [-0.2, -0.15) is 0 Å². The van der Waals surface area contributed by atoms with Gasteiger partial charge in [0.2, 0.25) is 11.8 Å². The molecule has 1 aliphatic carbocycles. The van der Waals surface area contributed by atoms with Crippen molar-refractivity contribution in [3.63, 3.8) is 0 Å². The molecule has 4 atom stereocenters. The van der Waals surface area contributed by atoms with Gasteiger partial charge in [0.15, 0.2) is 0 Å². The van der Waals surface area contributed by atoms with Gasteiger partial charge < -0.3 is 39.9 Å². The number of aromatic amines is 2. The van der Waals surface area contributed by atoms with Crippen molar-refractivity contribution in [1.82, 2.24) is 40.4 Å². The SMILES string of the molecule is COC(=O)N[C@H](C(=O)N1CCC[C@H]1c1ncc(-c2ccc(-c3ccc(-c4c[nH]c([C@@H]5CCCN5C(=O)[C@@H](NC(=O)OC)C5CC5)n4)c(F)c3)cc2F)[nH]1)C(C)C. The molecule has 2 saturated heterocycles. The minimum Gasteiger partial charge on any atom is -0.453 e. The van der Waals surface area contributed by atoms with Crippen LogP contribution >= 0.6 is 0 Å². The Labute approximate surface area is 322 Å². The number of amides is 4. The number of alkyl carbamates (subject to hydrolysis) is 2. The smallest absolute Gasteiger partial charge is 0.407 e. The summed E-state index contributed by atoms with van der Waals surface area (Å²) in [7, 11) is 2.51. The van der Waals surface area contributed by atoms with Crippen LogP contribution in [0.15, 0.2) is 48.8 Å². The first-order valence-corrected chi connectivity index (χ1v) is 19.0. The number of likely N-dealkylation sites (tertiary alicyclic amines) is 2. The van der Waals surface area contributed by atoms with Gasteiger partial charge in [-0.15, -0.1) is 0 Å². The molecule has 56 heavy (non-hydrogen) atoms. The summed E-state index contributed by atoms with van der Waals surface area (Å²) in [6.45, 7) is 4.69. The van der Waals surface area contributed by atoms with Crippen molar-refractivity contribution < 1.29 is 37.4 Å². The summed E-state index contributed by atoms with van der Waals surface area (Å²) < 4.78 is 40.8. The van der Waals surface area contributed by atoms with E-state index in [-0.39, 0.29) is 46.9 Å². The van der Waals surface area contributed by atoms with Crippen LogP contribution in [0.4, 0.5) is 18.4 Å². The Hall–Kier alpha value is -5.80. The van der Waals surface area contributed by atoms with Gasteiger partial charge in [0, 0.05) is 30.4 Å². The van der Waals surface area contributed by atoms with Crippen LogP contribution in [0.3, 0.4) is 0 Å². The molecule has 2 aromatic carbocycles. The van der Waals surface area contributed by atoms with E-state index in [0.717, 1.165) is 25.7 Å². The van der Waals surface area contributed by atoms with Crippen molar-refractivity contribution >= 4 is 24.0 Å².